The molecule has 2 aromatic carbocycles. The molecule has 0 aromatic heterocycles. The fraction of sp³-hybridized carbons (Fsp3) is 0.333. The number of carbonyl (C=O) groups excluding carboxylic acids is 2. The first kappa shape index (κ1) is 19.6. The van der Waals surface area contributed by atoms with E-state index in [1.807, 2.05) is 12.1 Å². The average molecular weight is 413 g/mol. The Kier molecular flexibility index (Phi) is 5.38. The van der Waals surface area contributed by atoms with E-state index in [-0.39, 0.29) is 26.2 Å². The van der Waals surface area contributed by atoms with Crippen LogP contribution in [0.15, 0.2) is 53.4 Å². The molecule has 1 aliphatic heterocycles. The highest BCUT2D eigenvalue weighted by atomic mass is 32.2. The van der Waals surface area contributed by atoms with E-state index in [1.54, 1.807) is 36.4 Å². The van der Waals surface area contributed by atoms with Crippen molar-refractivity contribution in [3.63, 3.8) is 0 Å². The molecule has 1 heterocycles. The van der Waals surface area contributed by atoms with Gasteiger partial charge in [-0.1, -0.05) is 24.3 Å². The summed E-state index contributed by atoms with van der Waals surface area (Å²) < 4.78 is 27.4. The number of sulfonamides is 1. The number of nitrogens with one attached hydrogen (secondary N) is 1. The minimum Gasteiger partial charge on any atom is -0.332 e. The van der Waals surface area contributed by atoms with Crippen LogP contribution in [0.25, 0.3) is 0 Å². The van der Waals surface area contributed by atoms with Crippen LogP contribution in [-0.2, 0) is 32.5 Å². The number of benzene rings is 2. The van der Waals surface area contributed by atoms with Gasteiger partial charge in [-0.25, -0.2) is 8.42 Å². The van der Waals surface area contributed by atoms with E-state index >= 15 is 0 Å². The Morgan fingerprint density at radius 2 is 1.55 bits per heavy atom. The van der Waals surface area contributed by atoms with E-state index in [0.29, 0.717) is 10.6 Å². The van der Waals surface area contributed by atoms with Crippen molar-refractivity contribution in [3.05, 3.63) is 59.7 Å². The fourth-order valence-electron chi connectivity index (χ4n) is 3.84. The summed E-state index contributed by atoms with van der Waals surface area (Å²) in [6, 6.07) is 14.1. The Labute approximate surface area is 170 Å². The van der Waals surface area contributed by atoms with Crippen molar-refractivity contribution in [1.29, 1.82) is 0 Å². The molecule has 1 aliphatic carbocycles. The lowest BCUT2D eigenvalue weighted by molar-refractivity contribution is -0.143. The molecule has 2 amide bonds. The first-order valence-electron chi connectivity index (χ1n) is 9.72. The van der Waals surface area contributed by atoms with Gasteiger partial charge in [-0.3, -0.25) is 9.59 Å². The Morgan fingerprint density at radius 3 is 2.28 bits per heavy atom. The van der Waals surface area contributed by atoms with E-state index in [2.05, 4.69) is 5.32 Å². The van der Waals surface area contributed by atoms with Gasteiger partial charge in [-0.2, -0.15) is 4.31 Å². The van der Waals surface area contributed by atoms with Crippen molar-refractivity contribution < 1.29 is 18.0 Å². The van der Waals surface area contributed by atoms with Crippen LogP contribution < -0.4 is 5.32 Å². The number of fused-ring (bicyclic) bond motifs is 1. The zero-order valence-corrected chi connectivity index (χ0v) is 16.8. The highest BCUT2D eigenvalue weighted by molar-refractivity contribution is 7.89. The molecule has 1 fully saturated rings. The standard InChI is InChI=1S/C21H23N3O4S/c25-20(22-18-7-2-1-3-8-18)21(26)23-11-13-24(14-12-23)29(27,28)19-10-9-16-5-4-6-17(16)15-19/h1-3,7-10,15H,4-6,11-14H2,(H,22,25). The second-order valence-electron chi connectivity index (χ2n) is 7.30. The second kappa shape index (κ2) is 7.96. The van der Waals surface area contributed by atoms with Crippen LogP contribution in [0.4, 0.5) is 5.69 Å². The number of anilines is 1. The Balaban J connectivity index is 1.38. The monoisotopic (exact) mass is 413 g/mol. The topological polar surface area (TPSA) is 86.8 Å². The fourth-order valence-corrected chi connectivity index (χ4v) is 5.31. The molecule has 0 unspecified atom stereocenters. The average Bonchev–Trinajstić information content (AvgIpc) is 3.22. The number of aryl methyl sites for hydroxylation is 2. The third kappa shape index (κ3) is 4.04. The van der Waals surface area contributed by atoms with E-state index in [0.717, 1.165) is 24.8 Å². The van der Waals surface area contributed by atoms with Crippen LogP contribution in [0.1, 0.15) is 17.5 Å². The molecule has 1 N–H and O–H groups in total. The maximum absolute atomic E-state index is 13.0. The first-order chi connectivity index (χ1) is 13.9. The van der Waals surface area contributed by atoms with E-state index in [4.69, 9.17) is 0 Å². The van der Waals surface area contributed by atoms with Crippen LogP contribution in [-0.4, -0.2) is 55.6 Å². The summed E-state index contributed by atoms with van der Waals surface area (Å²) in [4.78, 5) is 26.3. The van der Waals surface area contributed by atoms with Crippen molar-refractivity contribution in [1.82, 2.24) is 9.21 Å². The molecule has 4 rings (SSSR count). The van der Waals surface area contributed by atoms with Crippen molar-refractivity contribution in [2.24, 2.45) is 0 Å². The molecule has 29 heavy (non-hydrogen) atoms. The zero-order valence-electron chi connectivity index (χ0n) is 16.0. The Bertz CT molecular complexity index is 1030. The van der Waals surface area contributed by atoms with Gasteiger partial charge in [0.25, 0.3) is 0 Å². The molecule has 0 radical (unpaired) electrons. The molecule has 2 aromatic rings. The number of hydrogen-bond acceptors (Lipinski definition) is 4. The lowest BCUT2D eigenvalue weighted by Gasteiger charge is -2.33. The molecular formula is C21H23N3O4S. The summed E-state index contributed by atoms with van der Waals surface area (Å²) in [5.41, 5.74) is 2.88. The van der Waals surface area contributed by atoms with Gasteiger partial charge in [0.15, 0.2) is 0 Å². The summed E-state index contributed by atoms with van der Waals surface area (Å²) in [5, 5.41) is 2.57. The summed E-state index contributed by atoms with van der Waals surface area (Å²) >= 11 is 0. The zero-order chi connectivity index (χ0) is 20.4. The van der Waals surface area contributed by atoms with Gasteiger partial charge >= 0.3 is 11.8 Å². The van der Waals surface area contributed by atoms with Crippen molar-refractivity contribution in [3.8, 4) is 0 Å². The lowest BCUT2D eigenvalue weighted by atomic mass is 10.1. The van der Waals surface area contributed by atoms with Crippen molar-refractivity contribution >= 4 is 27.5 Å². The van der Waals surface area contributed by atoms with Gasteiger partial charge in [0.2, 0.25) is 10.0 Å². The van der Waals surface area contributed by atoms with Gasteiger partial charge in [-0.15, -0.1) is 0 Å². The van der Waals surface area contributed by atoms with E-state index in [9.17, 15) is 18.0 Å². The lowest BCUT2D eigenvalue weighted by Crippen LogP contribution is -2.52. The summed E-state index contributed by atoms with van der Waals surface area (Å²) in [5.74, 6) is -1.37. The largest absolute Gasteiger partial charge is 0.332 e. The van der Waals surface area contributed by atoms with E-state index in [1.165, 1.54) is 14.8 Å². The minimum atomic E-state index is -3.61. The number of hydrogen-bond donors (Lipinski definition) is 1. The molecule has 0 atom stereocenters. The van der Waals surface area contributed by atoms with Crippen LogP contribution in [0, 0.1) is 0 Å². The van der Waals surface area contributed by atoms with E-state index < -0.39 is 21.8 Å². The van der Waals surface area contributed by atoms with Gasteiger partial charge < -0.3 is 10.2 Å². The predicted molar refractivity (Wildman–Crippen MR) is 109 cm³/mol. The Hall–Kier alpha value is -2.71. The molecule has 0 saturated carbocycles. The molecule has 0 spiro atoms. The normalized spacial score (nSPS) is 17.0. The quantitative estimate of drug-likeness (QED) is 0.775. The SMILES string of the molecule is O=C(Nc1ccccc1)C(=O)N1CCN(S(=O)(=O)c2ccc3c(c2)CCC3)CC1. The van der Waals surface area contributed by atoms with Crippen molar-refractivity contribution in [2.75, 3.05) is 31.5 Å². The van der Waals surface area contributed by atoms with Crippen molar-refractivity contribution in [2.45, 2.75) is 24.2 Å². The molecule has 1 saturated heterocycles. The maximum atomic E-state index is 13.0. The molecular weight excluding hydrogens is 390 g/mol. The smallest absolute Gasteiger partial charge is 0.313 e. The third-order valence-corrected chi connectivity index (χ3v) is 7.35. The highest BCUT2D eigenvalue weighted by Crippen LogP contribution is 2.26. The maximum Gasteiger partial charge on any atom is 0.313 e. The van der Waals surface area contributed by atoms with Gasteiger partial charge in [0, 0.05) is 31.9 Å². The van der Waals surface area contributed by atoms with Gasteiger partial charge in [0.1, 0.15) is 0 Å². The second-order valence-corrected chi connectivity index (χ2v) is 9.24. The molecule has 2 aliphatic rings. The number of rotatable bonds is 3. The number of piperazine rings is 1. The number of nitrogens with zero attached hydrogens (tertiary/aromatic N) is 2. The molecule has 7 nitrogen and oxygen atoms in total. The van der Waals surface area contributed by atoms with Crippen LogP contribution in [0.2, 0.25) is 0 Å². The van der Waals surface area contributed by atoms with Gasteiger partial charge in [0.05, 0.1) is 4.90 Å². The third-order valence-electron chi connectivity index (χ3n) is 5.46. The van der Waals surface area contributed by atoms with Crippen LogP contribution in [0.5, 0.6) is 0 Å². The summed E-state index contributed by atoms with van der Waals surface area (Å²) in [6.07, 6.45) is 2.98. The minimum absolute atomic E-state index is 0.170. The van der Waals surface area contributed by atoms with Crippen LogP contribution >= 0.6 is 0 Å². The predicted octanol–water partition coefficient (Wildman–Crippen LogP) is 1.65. The number of amides is 2. The molecule has 0 bridgehead atoms. The summed E-state index contributed by atoms with van der Waals surface area (Å²) in [6.45, 7) is 0.712. The van der Waals surface area contributed by atoms with Gasteiger partial charge in [-0.05, 0) is 54.7 Å². The molecule has 152 valence electrons. The number of para-hydroxylation sites is 1. The Morgan fingerprint density at radius 1 is 0.862 bits per heavy atom. The highest BCUT2D eigenvalue weighted by Gasteiger charge is 2.32. The summed E-state index contributed by atoms with van der Waals surface area (Å²) in [7, 11) is -3.61. The number of carbonyl (C=O) groups is 2. The molecule has 8 heteroatoms. The van der Waals surface area contributed by atoms with Crippen LogP contribution in [0.3, 0.4) is 0 Å². The first-order valence-corrected chi connectivity index (χ1v) is 11.2.